The minimum Gasteiger partial charge on any atom is -0.342 e. The first-order chi connectivity index (χ1) is 12.9. The first-order valence-electron chi connectivity index (χ1n) is 10.3. The maximum atomic E-state index is 13.3. The molecule has 1 saturated carbocycles. The summed E-state index contributed by atoms with van der Waals surface area (Å²) in [5.41, 5.74) is 0.520. The predicted molar refractivity (Wildman–Crippen MR) is 106 cm³/mol. The molecule has 2 rings (SSSR count). The number of rotatable bonds is 9. The number of unbranched alkanes of at least 4 members (excludes halogenated alkanes) is 3. The van der Waals surface area contributed by atoms with Crippen molar-refractivity contribution in [2.24, 2.45) is 0 Å². The van der Waals surface area contributed by atoms with Crippen molar-refractivity contribution >= 4 is 5.91 Å². The summed E-state index contributed by atoms with van der Waals surface area (Å²) in [6.45, 7) is 3.38. The average molecular weight is 381 g/mol. The van der Waals surface area contributed by atoms with Crippen LogP contribution in [0.25, 0.3) is 0 Å². The fourth-order valence-corrected chi connectivity index (χ4v) is 4.01. The van der Waals surface area contributed by atoms with Crippen molar-refractivity contribution in [2.75, 3.05) is 20.6 Å². The lowest BCUT2D eigenvalue weighted by atomic mass is 9.89. The summed E-state index contributed by atoms with van der Waals surface area (Å²) in [5, 5.41) is 0. The normalized spacial score (nSPS) is 20.1. The molecule has 5 heteroatoms. The number of likely N-dealkylation sites (N-methyl/N-ethyl adjacent to an activating group) is 1. The minimum atomic E-state index is -0.898. The number of carbonyl (C=O) groups excluding carboxylic acids is 1. The highest BCUT2D eigenvalue weighted by atomic mass is 19.2. The third-order valence-electron chi connectivity index (χ3n) is 5.93. The van der Waals surface area contributed by atoms with E-state index in [1.807, 2.05) is 7.05 Å². The highest BCUT2D eigenvalue weighted by Gasteiger charge is 2.28. The first-order valence-corrected chi connectivity index (χ1v) is 10.3. The molecule has 0 radical (unpaired) electrons. The van der Waals surface area contributed by atoms with Crippen LogP contribution in [0, 0.1) is 11.6 Å². The standard InChI is InChI=1S/C22H34F2N2O/c1-4-5-6-7-14-25(2)18-9-11-19(12-10-18)26(3)22(27)16-17-8-13-20(23)21(24)15-17/h8,13,15,18-19H,4-7,9-12,14,16H2,1-3H3. The van der Waals surface area contributed by atoms with Crippen LogP contribution in [0.15, 0.2) is 18.2 Å². The molecule has 1 aromatic carbocycles. The SMILES string of the molecule is CCCCCCN(C)C1CCC(N(C)C(=O)Cc2ccc(F)c(F)c2)CC1. The van der Waals surface area contributed by atoms with E-state index >= 15 is 0 Å². The Balaban J connectivity index is 1.77. The summed E-state index contributed by atoms with van der Waals surface area (Å²) in [4.78, 5) is 16.8. The van der Waals surface area contributed by atoms with E-state index in [0.717, 1.165) is 44.4 Å². The number of benzene rings is 1. The van der Waals surface area contributed by atoms with Gasteiger partial charge >= 0.3 is 0 Å². The number of halogens is 2. The molecule has 0 saturated heterocycles. The quantitative estimate of drug-likeness (QED) is 0.575. The van der Waals surface area contributed by atoms with Crippen molar-refractivity contribution in [3.8, 4) is 0 Å². The zero-order chi connectivity index (χ0) is 19.8. The Morgan fingerprint density at radius 1 is 1.00 bits per heavy atom. The van der Waals surface area contributed by atoms with Gasteiger partial charge in [0.05, 0.1) is 6.42 Å². The monoisotopic (exact) mass is 380 g/mol. The van der Waals surface area contributed by atoms with E-state index in [4.69, 9.17) is 0 Å². The summed E-state index contributed by atoms with van der Waals surface area (Å²) < 4.78 is 26.4. The molecule has 0 aromatic heterocycles. The molecule has 3 nitrogen and oxygen atoms in total. The molecule has 27 heavy (non-hydrogen) atoms. The second-order valence-corrected chi connectivity index (χ2v) is 7.93. The van der Waals surface area contributed by atoms with Crippen molar-refractivity contribution in [2.45, 2.75) is 76.8 Å². The zero-order valence-electron chi connectivity index (χ0n) is 17.0. The van der Waals surface area contributed by atoms with Crippen LogP contribution in [-0.2, 0) is 11.2 Å². The van der Waals surface area contributed by atoms with Gasteiger partial charge in [0.1, 0.15) is 0 Å². The molecule has 0 heterocycles. The zero-order valence-corrected chi connectivity index (χ0v) is 17.0. The molecule has 0 N–H and O–H groups in total. The van der Waals surface area contributed by atoms with Gasteiger partial charge in [0, 0.05) is 19.1 Å². The molecule has 1 aromatic rings. The van der Waals surface area contributed by atoms with E-state index in [9.17, 15) is 13.6 Å². The van der Waals surface area contributed by atoms with Crippen molar-refractivity contribution in [3.05, 3.63) is 35.4 Å². The van der Waals surface area contributed by atoms with E-state index in [1.165, 1.54) is 31.7 Å². The maximum absolute atomic E-state index is 13.3. The molecule has 1 aliphatic carbocycles. The minimum absolute atomic E-state index is 0.0302. The molecule has 152 valence electrons. The van der Waals surface area contributed by atoms with Crippen LogP contribution < -0.4 is 0 Å². The van der Waals surface area contributed by atoms with Crippen molar-refractivity contribution in [1.29, 1.82) is 0 Å². The van der Waals surface area contributed by atoms with Gasteiger partial charge in [0.2, 0.25) is 5.91 Å². The van der Waals surface area contributed by atoms with Crippen LogP contribution >= 0.6 is 0 Å². The third-order valence-corrected chi connectivity index (χ3v) is 5.93. The Morgan fingerprint density at radius 3 is 2.30 bits per heavy atom. The largest absolute Gasteiger partial charge is 0.342 e. The number of amides is 1. The average Bonchev–Trinajstić information content (AvgIpc) is 2.67. The lowest BCUT2D eigenvalue weighted by molar-refractivity contribution is -0.132. The fraction of sp³-hybridized carbons (Fsp3) is 0.682. The Hall–Kier alpha value is -1.49. The van der Waals surface area contributed by atoms with Gasteiger partial charge in [-0.05, 0) is 63.4 Å². The van der Waals surface area contributed by atoms with Crippen LogP contribution in [0.4, 0.5) is 8.78 Å². The van der Waals surface area contributed by atoms with E-state index in [0.29, 0.717) is 11.6 Å². The molecular weight excluding hydrogens is 346 g/mol. The molecule has 0 bridgehead atoms. The first kappa shape index (κ1) is 21.8. The van der Waals surface area contributed by atoms with E-state index in [2.05, 4.69) is 18.9 Å². The second-order valence-electron chi connectivity index (χ2n) is 7.93. The fourth-order valence-electron chi connectivity index (χ4n) is 4.01. The summed E-state index contributed by atoms with van der Waals surface area (Å²) in [6.07, 6.45) is 9.48. The van der Waals surface area contributed by atoms with Gasteiger partial charge in [-0.25, -0.2) is 8.78 Å². The lowest BCUT2D eigenvalue weighted by Gasteiger charge is -2.38. The van der Waals surface area contributed by atoms with Crippen molar-refractivity contribution in [1.82, 2.24) is 9.80 Å². The molecule has 0 atom stereocenters. The summed E-state index contributed by atoms with van der Waals surface area (Å²) in [5.74, 6) is -1.81. The van der Waals surface area contributed by atoms with Crippen LogP contribution in [0.2, 0.25) is 0 Å². The molecular formula is C22H34F2N2O. The second kappa shape index (κ2) is 10.7. The highest BCUT2D eigenvalue weighted by molar-refractivity contribution is 5.78. The van der Waals surface area contributed by atoms with E-state index < -0.39 is 11.6 Å². The summed E-state index contributed by atoms with van der Waals surface area (Å²) in [7, 11) is 4.05. The molecule has 0 unspecified atom stereocenters. The van der Waals surface area contributed by atoms with Gasteiger partial charge in [0.15, 0.2) is 11.6 Å². The molecule has 0 aliphatic heterocycles. The number of hydrogen-bond acceptors (Lipinski definition) is 2. The van der Waals surface area contributed by atoms with Gasteiger partial charge in [-0.1, -0.05) is 32.3 Å². The van der Waals surface area contributed by atoms with Crippen molar-refractivity contribution in [3.63, 3.8) is 0 Å². The van der Waals surface area contributed by atoms with Crippen LogP contribution in [0.1, 0.15) is 63.9 Å². The molecule has 1 aliphatic rings. The van der Waals surface area contributed by atoms with Gasteiger partial charge < -0.3 is 9.80 Å². The van der Waals surface area contributed by atoms with Crippen LogP contribution in [-0.4, -0.2) is 48.4 Å². The lowest BCUT2D eigenvalue weighted by Crippen LogP contribution is -2.44. The number of carbonyl (C=O) groups is 1. The Kier molecular flexibility index (Phi) is 8.68. The van der Waals surface area contributed by atoms with Gasteiger partial charge in [-0.15, -0.1) is 0 Å². The van der Waals surface area contributed by atoms with E-state index in [1.54, 1.807) is 4.90 Å². The van der Waals surface area contributed by atoms with Crippen LogP contribution in [0.5, 0.6) is 0 Å². The summed E-state index contributed by atoms with van der Waals surface area (Å²) in [6, 6.07) is 4.53. The summed E-state index contributed by atoms with van der Waals surface area (Å²) >= 11 is 0. The van der Waals surface area contributed by atoms with Crippen molar-refractivity contribution < 1.29 is 13.6 Å². The molecule has 0 spiro atoms. The Labute approximate surface area is 162 Å². The van der Waals surface area contributed by atoms with Crippen LogP contribution in [0.3, 0.4) is 0 Å². The highest BCUT2D eigenvalue weighted by Crippen LogP contribution is 2.26. The topological polar surface area (TPSA) is 23.6 Å². The van der Waals surface area contributed by atoms with Gasteiger partial charge in [0.25, 0.3) is 0 Å². The van der Waals surface area contributed by atoms with Gasteiger partial charge in [-0.3, -0.25) is 4.79 Å². The predicted octanol–water partition coefficient (Wildman–Crippen LogP) is 4.79. The smallest absolute Gasteiger partial charge is 0.226 e. The van der Waals surface area contributed by atoms with E-state index in [-0.39, 0.29) is 18.4 Å². The third kappa shape index (κ3) is 6.56. The molecule has 1 fully saturated rings. The Morgan fingerprint density at radius 2 is 1.67 bits per heavy atom. The molecule has 1 amide bonds. The number of nitrogens with zero attached hydrogens (tertiary/aromatic N) is 2. The van der Waals surface area contributed by atoms with Gasteiger partial charge in [-0.2, -0.15) is 0 Å². The maximum Gasteiger partial charge on any atom is 0.226 e. The number of hydrogen-bond donors (Lipinski definition) is 0. The Bertz CT molecular complexity index is 600.